The van der Waals surface area contributed by atoms with Crippen molar-refractivity contribution in [2.45, 2.75) is 58.8 Å². The predicted octanol–water partition coefficient (Wildman–Crippen LogP) is 5.52. The number of hydrogen-bond donors (Lipinski definition) is 1. The van der Waals surface area contributed by atoms with Crippen LogP contribution < -0.4 is 4.74 Å². The summed E-state index contributed by atoms with van der Waals surface area (Å²) in [6.45, 7) is 6.94. The molecular formula is C25H31NO3. The van der Waals surface area contributed by atoms with Crippen molar-refractivity contribution in [3.05, 3.63) is 40.6 Å². The van der Waals surface area contributed by atoms with Crippen LogP contribution in [0.4, 0.5) is 0 Å². The number of nitrogens with one attached hydrogen (secondary N) is 1. The first-order chi connectivity index (χ1) is 13.8. The van der Waals surface area contributed by atoms with Crippen LogP contribution in [0, 0.1) is 16.7 Å². The minimum absolute atomic E-state index is 0.0671. The van der Waals surface area contributed by atoms with E-state index in [1.54, 1.807) is 7.11 Å². The molecule has 1 aromatic carbocycles. The smallest absolute Gasteiger partial charge is 0.315 e. The summed E-state index contributed by atoms with van der Waals surface area (Å²) >= 11 is 0. The summed E-state index contributed by atoms with van der Waals surface area (Å²) in [5, 5.41) is 1.29. The number of benzene rings is 1. The molecule has 0 aliphatic heterocycles. The predicted molar refractivity (Wildman–Crippen MR) is 114 cm³/mol. The molecular weight excluding hydrogens is 362 g/mol. The second kappa shape index (κ2) is 6.13. The zero-order valence-corrected chi connectivity index (χ0v) is 18.1. The van der Waals surface area contributed by atoms with Gasteiger partial charge in [-0.15, -0.1) is 0 Å². The Bertz CT molecular complexity index is 1050. The average Bonchev–Trinajstić information content (AvgIpc) is 3.08. The van der Waals surface area contributed by atoms with Crippen LogP contribution in [0.5, 0.6) is 5.75 Å². The molecule has 0 spiro atoms. The maximum absolute atomic E-state index is 12.8. The molecule has 0 unspecified atom stereocenters. The largest absolute Gasteiger partial charge is 0.497 e. The molecule has 3 aliphatic carbocycles. The van der Waals surface area contributed by atoms with E-state index in [4.69, 9.17) is 9.47 Å². The average molecular weight is 394 g/mol. The van der Waals surface area contributed by atoms with Gasteiger partial charge in [-0.1, -0.05) is 25.0 Å². The Morgan fingerprint density at radius 1 is 1.21 bits per heavy atom. The van der Waals surface area contributed by atoms with Crippen molar-refractivity contribution in [1.82, 2.24) is 4.98 Å². The van der Waals surface area contributed by atoms with E-state index in [9.17, 15) is 4.79 Å². The van der Waals surface area contributed by atoms with Gasteiger partial charge in [0, 0.05) is 22.5 Å². The van der Waals surface area contributed by atoms with Crippen LogP contribution in [-0.2, 0) is 16.0 Å². The molecule has 1 aromatic heterocycles. The normalized spacial score (nSPS) is 33.3. The molecule has 1 N–H and O–H groups in total. The van der Waals surface area contributed by atoms with E-state index in [1.807, 2.05) is 6.07 Å². The molecule has 2 aromatic rings. The van der Waals surface area contributed by atoms with Gasteiger partial charge in [0.1, 0.15) is 5.75 Å². The maximum atomic E-state index is 12.8. The van der Waals surface area contributed by atoms with Crippen LogP contribution in [0.2, 0.25) is 0 Å². The lowest BCUT2D eigenvalue weighted by Crippen LogP contribution is -2.47. The molecule has 0 saturated heterocycles. The molecule has 0 bridgehead atoms. The van der Waals surface area contributed by atoms with Crippen molar-refractivity contribution in [2.75, 3.05) is 14.2 Å². The number of H-pyrrole nitrogens is 1. The van der Waals surface area contributed by atoms with Crippen LogP contribution in [0.25, 0.3) is 10.9 Å². The quantitative estimate of drug-likeness (QED) is 0.540. The molecule has 5 rings (SSSR count). The molecule has 29 heavy (non-hydrogen) atoms. The fourth-order valence-corrected chi connectivity index (χ4v) is 6.57. The zero-order valence-electron chi connectivity index (χ0n) is 18.1. The Kier molecular flexibility index (Phi) is 3.97. The Hall–Kier alpha value is -2.23. The van der Waals surface area contributed by atoms with Gasteiger partial charge in [0.15, 0.2) is 0 Å². The molecule has 4 heteroatoms. The molecule has 4 atom stereocenters. The number of carbonyl (C=O) groups is 1. The number of methoxy groups -OCH3 is 2. The van der Waals surface area contributed by atoms with E-state index < -0.39 is 5.41 Å². The number of rotatable bonds is 2. The molecule has 1 heterocycles. The standard InChI is InChI=1S/C25H31NO3/c1-14-6-8-19-21-16(10-11-24(19,2)23(27)29-5)22-18(13-25(14,21)3)17-12-15(28-4)7-9-20(17)26-22/h7,9,12,14,16,26H,6,8,10-11,13H2,1-5H3/t14-,16-,24+,25+/m1/s1. The van der Waals surface area contributed by atoms with E-state index in [-0.39, 0.29) is 11.4 Å². The first-order valence-corrected chi connectivity index (χ1v) is 10.8. The fraction of sp³-hybridized carbons (Fsp3) is 0.560. The van der Waals surface area contributed by atoms with Crippen molar-refractivity contribution in [3.8, 4) is 5.75 Å². The number of fused-ring (bicyclic) bond motifs is 4. The Morgan fingerprint density at radius 3 is 2.72 bits per heavy atom. The highest BCUT2D eigenvalue weighted by Crippen LogP contribution is 2.63. The minimum atomic E-state index is -0.477. The van der Waals surface area contributed by atoms with E-state index in [0.717, 1.165) is 37.9 Å². The highest BCUT2D eigenvalue weighted by Gasteiger charge is 2.55. The van der Waals surface area contributed by atoms with Crippen LogP contribution in [0.15, 0.2) is 29.3 Å². The molecule has 154 valence electrons. The molecule has 4 nitrogen and oxygen atoms in total. The summed E-state index contributed by atoms with van der Waals surface area (Å²) in [7, 11) is 3.26. The third kappa shape index (κ3) is 2.35. The van der Waals surface area contributed by atoms with Gasteiger partial charge in [0.25, 0.3) is 0 Å². The number of aromatic amines is 1. The monoisotopic (exact) mass is 393 g/mol. The fourth-order valence-electron chi connectivity index (χ4n) is 6.57. The first-order valence-electron chi connectivity index (χ1n) is 10.8. The van der Waals surface area contributed by atoms with Crippen LogP contribution in [0.1, 0.15) is 63.6 Å². The summed E-state index contributed by atoms with van der Waals surface area (Å²) in [6, 6.07) is 6.35. The van der Waals surface area contributed by atoms with Gasteiger partial charge in [-0.05, 0) is 74.1 Å². The topological polar surface area (TPSA) is 51.3 Å². The van der Waals surface area contributed by atoms with E-state index >= 15 is 0 Å². The van der Waals surface area contributed by atoms with E-state index in [1.165, 1.54) is 40.4 Å². The highest BCUT2D eigenvalue weighted by atomic mass is 16.5. The highest BCUT2D eigenvalue weighted by molar-refractivity contribution is 5.88. The van der Waals surface area contributed by atoms with Crippen LogP contribution in [0.3, 0.4) is 0 Å². The van der Waals surface area contributed by atoms with Gasteiger partial charge in [0.05, 0.1) is 19.6 Å². The number of hydrogen-bond acceptors (Lipinski definition) is 3. The molecule has 0 saturated carbocycles. The van der Waals surface area contributed by atoms with Crippen molar-refractivity contribution in [2.24, 2.45) is 16.7 Å². The van der Waals surface area contributed by atoms with Crippen molar-refractivity contribution in [1.29, 1.82) is 0 Å². The van der Waals surface area contributed by atoms with Gasteiger partial charge >= 0.3 is 5.97 Å². The van der Waals surface area contributed by atoms with Crippen molar-refractivity contribution < 1.29 is 14.3 Å². The van der Waals surface area contributed by atoms with Crippen molar-refractivity contribution in [3.63, 3.8) is 0 Å². The third-order valence-electron chi connectivity index (χ3n) is 8.48. The van der Waals surface area contributed by atoms with Gasteiger partial charge < -0.3 is 14.5 Å². The minimum Gasteiger partial charge on any atom is -0.497 e. The SMILES string of the molecule is COC(=O)[C@@]1(C)CC[C@@H]2C3=C1CC[C@@H](C)[C@]3(C)Cc1c2[nH]c2ccc(OC)cc12. The summed E-state index contributed by atoms with van der Waals surface area (Å²) in [5.41, 5.74) is 6.50. The van der Waals surface area contributed by atoms with Crippen LogP contribution in [-0.4, -0.2) is 25.2 Å². The Labute approximate surface area is 172 Å². The lowest BCUT2D eigenvalue weighted by atomic mass is 9.49. The summed E-state index contributed by atoms with van der Waals surface area (Å²) < 4.78 is 10.8. The van der Waals surface area contributed by atoms with Crippen LogP contribution >= 0.6 is 0 Å². The number of esters is 1. The molecule has 0 fully saturated rings. The number of carbonyl (C=O) groups excluding carboxylic acids is 1. The van der Waals surface area contributed by atoms with E-state index in [2.05, 4.69) is 37.9 Å². The Morgan fingerprint density at radius 2 is 2.00 bits per heavy atom. The van der Waals surface area contributed by atoms with E-state index in [0.29, 0.717) is 11.8 Å². The second-order valence-corrected chi connectivity index (χ2v) is 9.77. The molecule has 3 aliphatic rings. The third-order valence-corrected chi connectivity index (χ3v) is 8.48. The second-order valence-electron chi connectivity index (χ2n) is 9.77. The van der Waals surface area contributed by atoms with Gasteiger partial charge in [-0.25, -0.2) is 0 Å². The number of ether oxygens (including phenoxy) is 2. The summed E-state index contributed by atoms with van der Waals surface area (Å²) in [5.74, 6) is 1.80. The summed E-state index contributed by atoms with van der Waals surface area (Å²) in [6.07, 6.45) is 5.01. The number of aromatic nitrogens is 1. The lowest BCUT2D eigenvalue weighted by Gasteiger charge is -2.54. The van der Waals surface area contributed by atoms with Gasteiger partial charge in [-0.2, -0.15) is 0 Å². The first kappa shape index (κ1) is 18.8. The molecule has 0 radical (unpaired) electrons. The lowest BCUT2D eigenvalue weighted by molar-refractivity contribution is -0.150. The molecule has 0 amide bonds. The number of allylic oxidation sites excluding steroid dienone is 1. The Balaban J connectivity index is 1.77. The summed E-state index contributed by atoms with van der Waals surface area (Å²) in [4.78, 5) is 16.6. The van der Waals surface area contributed by atoms with Gasteiger partial charge in [-0.3, -0.25) is 4.79 Å². The van der Waals surface area contributed by atoms with Crippen molar-refractivity contribution >= 4 is 16.9 Å². The maximum Gasteiger partial charge on any atom is 0.315 e. The zero-order chi connectivity index (χ0) is 20.6. The van der Waals surface area contributed by atoms with Gasteiger partial charge in [0.2, 0.25) is 0 Å².